The number of carbonyl (C=O) groups excluding carboxylic acids is 1. The van der Waals surface area contributed by atoms with Crippen LogP contribution in [0.2, 0.25) is 0 Å². The number of hydrogen-bond donors (Lipinski definition) is 2. The summed E-state index contributed by atoms with van der Waals surface area (Å²) in [5.74, 6) is 3.21. The van der Waals surface area contributed by atoms with E-state index in [1.807, 2.05) is 0 Å². The molecule has 5 saturated carbocycles. The minimum Gasteiger partial charge on any atom is -0.355 e. The van der Waals surface area contributed by atoms with Crippen LogP contribution in [0.5, 0.6) is 0 Å². The summed E-state index contributed by atoms with van der Waals surface area (Å²) >= 11 is 0. The molecular weight excluding hydrogens is 260 g/mol. The van der Waals surface area contributed by atoms with Gasteiger partial charge in [-0.2, -0.15) is 0 Å². The fraction of sp³-hybridized carbons (Fsp3) is 0.944. The Kier molecular flexibility index (Phi) is 3.52. The average molecular weight is 290 g/mol. The van der Waals surface area contributed by atoms with Crippen LogP contribution in [0.3, 0.4) is 0 Å². The predicted octanol–water partition coefficient (Wildman–Crippen LogP) is 2.84. The van der Waals surface area contributed by atoms with Crippen LogP contribution in [-0.2, 0) is 4.79 Å². The van der Waals surface area contributed by atoms with Gasteiger partial charge in [-0.15, -0.1) is 0 Å². The normalized spacial score (nSPS) is 48.3. The molecule has 0 aliphatic heterocycles. The Morgan fingerprint density at radius 2 is 1.57 bits per heavy atom. The molecule has 4 bridgehead atoms. The van der Waals surface area contributed by atoms with E-state index in [-0.39, 0.29) is 17.9 Å². The molecule has 0 heterocycles. The van der Waals surface area contributed by atoms with Gasteiger partial charge in [0, 0.05) is 12.6 Å². The zero-order chi connectivity index (χ0) is 14.4. The summed E-state index contributed by atoms with van der Waals surface area (Å²) in [4.78, 5) is 12.5. The molecule has 0 aromatic heterocycles. The molecule has 21 heavy (non-hydrogen) atoms. The van der Waals surface area contributed by atoms with Crippen LogP contribution in [0.1, 0.15) is 64.2 Å². The first kappa shape index (κ1) is 14.0. The van der Waals surface area contributed by atoms with E-state index in [0.29, 0.717) is 5.41 Å². The second-order valence-corrected chi connectivity index (χ2v) is 8.69. The van der Waals surface area contributed by atoms with Crippen molar-refractivity contribution >= 4 is 5.91 Å². The second kappa shape index (κ2) is 5.26. The first-order valence-electron chi connectivity index (χ1n) is 9.17. The Labute approximate surface area is 128 Å². The average Bonchev–Trinajstić information content (AvgIpc) is 2.44. The Hall–Kier alpha value is -0.570. The Bertz CT molecular complexity index is 384. The van der Waals surface area contributed by atoms with Crippen molar-refractivity contribution in [2.24, 2.45) is 34.8 Å². The fourth-order valence-electron chi connectivity index (χ4n) is 6.40. The number of rotatable bonds is 3. The second-order valence-electron chi connectivity index (χ2n) is 8.69. The van der Waals surface area contributed by atoms with E-state index in [1.165, 1.54) is 51.4 Å². The van der Waals surface area contributed by atoms with Crippen molar-refractivity contribution < 1.29 is 4.79 Å². The molecule has 1 amide bonds. The lowest BCUT2D eigenvalue weighted by Crippen LogP contribution is -2.53. The summed E-state index contributed by atoms with van der Waals surface area (Å²) in [5.41, 5.74) is 6.60. The minimum atomic E-state index is 0.0765. The third-order valence-electron chi connectivity index (χ3n) is 6.96. The van der Waals surface area contributed by atoms with Crippen molar-refractivity contribution in [3.63, 3.8) is 0 Å². The van der Waals surface area contributed by atoms with Crippen LogP contribution in [0.4, 0.5) is 0 Å². The van der Waals surface area contributed by atoms with Gasteiger partial charge in [-0.05, 0) is 74.5 Å². The van der Waals surface area contributed by atoms with E-state index in [4.69, 9.17) is 5.73 Å². The van der Waals surface area contributed by atoms with Gasteiger partial charge in [0.2, 0.25) is 5.91 Å². The van der Waals surface area contributed by atoms with Gasteiger partial charge in [0.15, 0.2) is 0 Å². The molecule has 0 radical (unpaired) electrons. The molecule has 0 aromatic rings. The monoisotopic (exact) mass is 290 g/mol. The van der Waals surface area contributed by atoms with Gasteiger partial charge < -0.3 is 11.1 Å². The largest absolute Gasteiger partial charge is 0.355 e. The van der Waals surface area contributed by atoms with Crippen LogP contribution in [0.25, 0.3) is 0 Å². The fourth-order valence-corrected chi connectivity index (χ4v) is 6.40. The van der Waals surface area contributed by atoms with E-state index >= 15 is 0 Å². The number of nitrogens with two attached hydrogens (primary N) is 1. The van der Waals surface area contributed by atoms with E-state index in [9.17, 15) is 4.79 Å². The molecule has 0 spiro atoms. The van der Waals surface area contributed by atoms with Crippen molar-refractivity contribution in [3.05, 3.63) is 0 Å². The molecule has 3 N–H and O–H groups in total. The highest BCUT2D eigenvalue weighted by Crippen LogP contribution is 2.59. The number of nitrogens with one attached hydrogen (secondary N) is 1. The predicted molar refractivity (Wildman–Crippen MR) is 83.5 cm³/mol. The smallest absolute Gasteiger partial charge is 0.224 e. The van der Waals surface area contributed by atoms with Crippen LogP contribution < -0.4 is 11.1 Å². The van der Waals surface area contributed by atoms with Crippen molar-refractivity contribution in [3.8, 4) is 0 Å². The number of carbonyl (C=O) groups is 1. The molecule has 3 heteroatoms. The lowest BCUT2D eigenvalue weighted by Gasteiger charge is -2.57. The van der Waals surface area contributed by atoms with E-state index in [1.54, 1.807) is 0 Å². The summed E-state index contributed by atoms with van der Waals surface area (Å²) < 4.78 is 0. The maximum Gasteiger partial charge on any atom is 0.224 e. The first-order chi connectivity index (χ1) is 10.1. The van der Waals surface area contributed by atoms with Gasteiger partial charge in [0.05, 0.1) is 5.92 Å². The molecule has 2 atom stereocenters. The number of hydrogen-bond acceptors (Lipinski definition) is 2. The van der Waals surface area contributed by atoms with Crippen molar-refractivity contribution in [1.82, 2.24) is 5.32 Å². The molecular formula is C18H30N2O. The van der Waals surface area contributed by atoms with Gasteiger partial charge in [0.1, 0.15) is 0 Å². The van der Waals surface area contributed by atoms with Crippen molar-refractivity contribution in [2.45, 2.75) is 70.3 Å². The first-order valence-corrected chi connectivity index (χ1v) is 9.17. The molecule has 3 nitrogen and oxygen atoms in total. The SMILES string of the molecule is NC1CCCCC1C(=O)NCC12CC3CC(CC(C3)C1)C2. The highest BCUT2D eigenvalue weighted by Gasteiger charge is 2.50. The van der Waals surface area contributed by atoms with E-state index in [0.717, 1.165) is 37.1 Å². The third kappa shape index (κ3) is 2.62. The summed E-state index contributed by atoms with van der Waals surface area (Å²) in [6.07, 6.45) is 12.9. The van der Waals surface area contributed by atoms with Gasteiger partial charge in [-0.1, -0.05) is 12.8 Å². The molecule has 5 fully saturated rings. The van der Waals surface area contributed by atoms with E-state index < -0.39 is 0 Å². The summed E-state index contributed by atoms with van der Waals surface area (Å²) in [7, 11) is 0. The quantitative estimate of drug-likeness (QED) is 0.840. The summed E-state index contributed by atoms with van der Waals surface area (Å²) in [6.45, 7) is 0.929. The maximum absolute atomic E-state index is 12.5. The molecule has 5 rings (SSSR count). The van der Waals surface area contributed by atoms with Gasteiger partial charge in [0.25, 0.3) is 0 Å². The van der Waals surface area contributed by atoms with Gasteiger partial charge in [-0.25, -0.2) is 0 Å². The lowest BCUT2D eigenvalue weighted by molar-refractivity contribution is -0.128. The van der Waals surface area contributed by atoms with Crippen molar-refractivity contribution in [2.75, 3.05) is 6.54 Å². The third-order valence-corrected chi connectivity index (χ3v) is 6.96. The van der Waals surface area contributed by atoms with Gasteiger partial charge >= 0.3 is 0 Å². The Morgan fingerprint density at radius 1 is 1.00 bits per heavy atom. The Balaban J connectivity index is 1.37. The van der Waals surface area contributed by atoms with Crippen LogP contribution in [0, 0.1) is 29.1 Å². The van der Waals surface area contributed by atoms with Crippen LogP contribution in [0.15, 0.2) is 0 Å². The zero-order valence-electron chi connectivity index (χ0n) is 13.2. The van der Waals surface area contributed by atoms with Crippen molar-refractivity contribution in [1.29, 1.82) is 0 Å². The Morgan fingerprint density at radius 3 is 2.14 bits per heavy atom. The van der Waals surface area contributed by atoms with Gasteiger partial charge in [-0.3, -0.25) is 4.79 Å². The number of amides is 1. The standard InChI is InChI=1S/C18H30N2O/c19-16-4-2-1-3-15(16)17(21)20-11-18-8-12-5-13(9-18)7-14(6-12)10-18/h12-16H,1-11,19H2,(H,20,21). The van der Waals surface area contributed by atoms with Crippen LogP contribution >= 0.6 is 0 Å². The molecule has 118 valence electrons. The molecule has 5 aliphatic rings. The lowest BCUT2D eigenvalue weighted by atomic mass is 9.49. The topological polar surface area (TPSA) is 55.1 Å². The molecule has 2 unspecified atom stereocenters. The molecule has 0 aromatic carbocycles. The summed E-state index contributed by atoms with van der Waals surface area (Å²) in [6, 6.07) is 0.0927. The van der Waals surface area contributed by atoms with E-state index in [2.05, 4.69) is 5.32 Å². The minimum absolute atomic E-state index is 0.0765. The van der Waals surface area contributed by atoms with Crippen LogP contribution in [-0.4, -0.2) is 18.5 Å². The zero-order valence-corrected chi connectivity index (χ0v) is 13.2. The molecule has 5 aliphatic carbocycles. The molecule has 0 saturated heterocycles. The highest BCUT2D eigenvalue weighted by molar-refractivity contribution is 5.79. The summed E-state index contributed by atoms with van der Waals surface area (Å²) in [5, 5.41) is 3.32. The maximum atomic E-state index is 12.5. The highest BCUT2D eigenvalue weighted by atomic mass is 16.1.